The molecule has 1 saturated heterocycles. The number of aryl methyl sites for hydroxylation is 1. The number of thiocarbonyl (C=S) groups is 1. The minimum atomic E-state index is -0.344. The highest BCUT2D eigenvalue weighted by atomic mass is 32.1. The lowest BCUT2D eigenvalue weighted by molar-refractivity contribution is 0.0389. The zero-order valence-electron chi connectivity index (χ0n) is 13.6. The van der Waals surface area contributed by atoms with Gasteiger partial charge in [0.15, 0.2) is 5.11 Å². The minimum absolute atomic E-state index is 0.344. The Hall–Kier alpha value is -1.96. The average Bonchev–Trinajstić information content (AvgIpc) is 2.55. The van der Waals surface area contributed by atoms with Crippen molar-refractivity contribution in [3.05, 3.63) is 40.2 Å². The second kappa shape index (κ2) is 7.74. The predicted molar refractivity (Wildman–Crippen MR) is 98.7 cm³/mol. The molecule has 0 unspecified atom stereocenters. The molecule has 1 aromatic heterocycles. The number of morpholine rings is 1. The van der Waals surface area contributed by atoms with E-state index in [0.717, 1.165) is 56.0 Å². The molecule has 0 atom stereocenters. The molecule has 6 nitrogen and oxygen atoms in total. The summed E-state index contributed by atoms with van der Waals surface area (Å²) in [6, 6.07) is 7.13. The van der Waals surface area contributed by atoms with Crippen LogP contribution < -0.4 is 16.3 Å². The third-order valence-electron chi connectivity index (χ3n) is 4.03. The molecule has 2 aromatic rings. The lowest BCUT2D eigenvalue weighted by Crippen LogP contribution is -2.42. The van der Waals surface area contributed by atoms with Gasteiger partial charge < -0.3 is 19.8 Å². The maximum absolute atomic E-state index is 11.5. The molecular weight excluding hydrogens is 326 g/mol. The number of benzene rings is 1. The quantitative estimate of drug-likeness (QED) is 0.645. The smallest absolute Gasteiger partial charge is 0.336 e. The number of ether oxygens (including phenoxy) is 1. The summed E-state index contributed by atoms with van der Waals surface area (Å²) >= 11 is 5.32. The van der Waals surface area contributed by atoms with Crippen LogP contribution in [-0.4, -0.2) is 49.4 Å². The summed E-state index contributed by atoms with van der Waals surface area (Å²) in [5.41, 5.74) is 1.91. The predicted octanol–water partition coefficient (Wildman–Crippen LogP) is 1.72. The molecule has 128 valence electrons. The Morgan fingerprint density at radius 2 is 2.08 bits per heavy atom. The van der Waals surface area contributed by atoms with Gasteiger partial charge in [-0.1, -0.05) is 0 Å². The van der Waals surface area contributed by atoms with E-state index < -0.39 is 0 Å². The molecule has 1 aliphatic heterocycles. The lowest BCUT2D eigenvalue weighted by Gasteiger charge is -2.26. The Bertz CT molecular complexity index is 784. The molecule has 0 bridgehead atoms. The summed E-state index contributed by atoms with van der Waals surface area (Å²) in [4.78, 5) is 13.8. The second-order valence-electron chi connectivity index (χ2n) is 5.79. The normalized spacial score (nSPS) is 15.4. The number of rotatable bonds is 4. The van der Waals surface area contributed by atoms with Crippen molar-refractivity contribution in [2.75, 3.05) is 44.7 Å². The van der Waals surface area contributed by atoms with E-state index in [9.17, 15) is 4.79 Å². The van der Waals surface area contributed by atoms with E-state index in [0.29, 0.717) is 10.7 Å². The first kappa shape index (κ1) is 16.9. The van der Waals surface area contributed by atoms with Crippen LogP contribution in [0.3, 0.4) is 0 Å². The van der Waals surface area contributed by atoms with E-state index in [1.165, 1.54) is 6.07 Å². The molecule has 3 rings (SSSR count). The van der Waals surface area contributed by atoms with Crippen molar-refractivity contribution in [1.82, 2.24) is 10.2 Å². The average molecular weight is 347 g/mol. The van der Waals surface area contributed by atoms with Crippen LogP contribution in [0.5, 0.6) is 0 Å². The SMILES string of the molecule is Cc1cc(=O)oc2cc(NC(=S)NCCN3CCOCC3)ccc12. The van der Waals surface area contributed by atoms with Gasteiger partial charge in [-0.05, 0) is 36.8 Å². The van der Waals surface area contributed by atoms with Gasteiger partial charge >= 0.3 is 5.63 Å². The molecule has 0 saturated carbocycles. The van der Waals surface area contributed by atoms with Gasteiger partial charge in [0.25, 0.3) is 0 Å². The van der Waals surface area contributed by atoms with Crippen molar-refractivity contribution in [3.8, 4) is 0 Å². The minimum Gasteiger partial charge on any atom is -0.423 e. The fourth-order valence-corrected chi connectivity index (χ4v) is 2.95. The Kier molecular flexibility index (Phi) is 5.44. The van der Waals surface area contributed by atoms with Crippen LogP contribution in [0.4, 0.5) is 5.69 Å². The van der Waals surface area contributed by atoms with Gasteiger partial charge in [-0.15, -0.1) is 0 Å². The number of hydrogen-bond donors (Lipinski definition) is 2. The summed E-state index contributed by atoms with van der Waals surface area (Å²) in [5, 5.41) is 7.80. The van der Waals surface area contributed by atoms with Crippen LogP contribution in [0.15, 0.2) is 33.5 Å². The highest BCUT2D eigenvalue weighted by molar-refractivity contribution is 7.80. The maximum Gasteiger partial charge on any atom is 0.336 e. The van der Waals surface area contributed by atoms with Crippen LogP contribution in [0.1, 0.15) is 5.56 Å². The zero-order valence-corrected chi connectivity index (χ0v) is 14.4. The summed E-state index contributed by atoms with van der Waals surface area (Å²) < 4.78 is 10.6. The molecule has 0 aliphatic carbocycles. The molecule has 1 aliphatic rings. The van der Waals surface area contributed by atoms with E-state index in [-0.39, 0.29) is 5.63 Å². The van der Waals surface area contributed by atoms with Gasteiger partial charge in [0, 0.05) is 49.4 Å². The van der Waals surface area contributed by atoms with Crippen molar-refractivity contribution in [1.29, 1.82) is 0 Å². The van der Waals surface area contributed by atoms with Gasteiger partial charge in [-0.2, -0.15) is 0 Å². The molecule has 0 radical (unpaired) electrons. The van der Waals surface area contributed by atoms with Crippen molar-refractivity contribution in [2.45, 2.75) is 6.92 Å². The van der Waals surface area contributed by atoms with Gasteiger partial charge in [0.1, 0.15) is 5.58 Å². The molecule has 24 heavy (non-hydrogen) atoms. The second-order valence-corrected chi connectivity index (χ2v) is 6.20. The molecule has 1 aromatic carbocycles. The lowest BCUT2D eigenvalue weighted by atomic mass is 10.1. The van der Waals surface area contributed by atoms with Crippen molar-refractivity contribution in [3.63, 3.8) is 0 Å². The van der Waals surface area contributed by atoms with E-state index in [1.807, 2.05) is 19.1 Å². The first-order valence-electron chi connectivity index (χ1n) is 8.01. The fraction of sp³-hybridized carbons (Fsp3) is 0.412. The molecule has 1 fully saturated rings. The topological polar surface area (TPSA) is 66.7 Å². The largest absolute Gasteiger partial charge is 0.423 e. The third kappa shape index (κ3) is 4.31. The van der Waals surface area contributed by atoms with E-state index in [1.54, 1.807) is 6.07 Å². The highest BCUT2D eigenvalue weighted by Crippen LogP contribution is 2.20. The van der Waals surface area contributed by atoms with Gasteiger partial charge in [0.2, 0.25) is 0 Å². The maximum atomic E-state index is 11.5. The van der Waals surface area contributed by atoms with Crippen LogP contribution in [0.25, 0.3) is 11.0 Å². The number of nitrogens with zero attached hydrogens (tertiary/aromatic N) is 1. The van der Waals surface area contributed by atoms with Crippen LogP contribution in [0.2, 0.25) is 0 Å². The standard InChI is InChI=1S/C17H21N3O3S/c1-12-10-16(21)23-15-11-13(2-3-14(12)15)19-17(24)18-4-5-20-6-8-22-9-7-20/h2-3,10-11H,4-9H2,1H3,(H2,18,19,24). The Morgan fingerprint density at radius 3 is 2.88 bits per heavy atom. The fourth-order valence-electron chi connectivity index (χ4n) is 2.73. The number of hydrogen-bond acceptors (Lipinski definition) is 5. The van der Waals surface area contributed by atoms with Crippen LogP contribution in [-0.2, 0) is 4.74 Å². The van der Waals surface area contributed by atoms with E-state index >= 15 is 0 Å². The molecule has 0 amide bonds. The van der Waals surface area contributed by atoms with Crippen molar-refractivity contribution in [2.24, 2.45) is 0 Å². The number of nitrogens with one attached hydrogen (secondary N) is 2. The Balaban J connectivity index is 1.56. The first-order valence-corrected chi connectivity index (χ1v) is 8.42. The number of fused-ring (bicyclic) bond motifs is 1. The van der Waals surface area contributed by atoms with Gasteiger partial charge in [0.05, 0.1) is 13.2 Å². The molecule has 0 spiro atoms. The summed E-state index contributed by atoms with van der Waals surface area (Å²) in [5.74, 6) is 0. The molecule has 2 N–H and O–H groups in total. The Labute approximate surface area is 145 Å². The van der Waals surface area contributed by atoms with Crippen LogP contribution >= 0.6 is 12.2 Å². The van der Waals surface area contributed by atoms with Crippen molar-refractivity contribution >= 4 is 34.0 Å². The summed E-state index contributed by atoms with van der Waals surface area (Å²) in [6.07, 6.45) is 0. The van der Waals surface area contributed by atoms with E-state index in [2.05, 4.69) is 15.5 Å². The first-order chi connectivity index (χ1) is 11.6. The van der Waals surface area contributed by atoms with Gasteiger partial charge in [-0.3, -0.25) is 4.90 Å². The Morgan fingerprint density at radius 1 is 1.29 bits per heavy atom. The van der Waals surface area contributed by atoms with E-state index in [4.69, 9.17) is 21.4 Å². The monoisotopic (exact) mass is 347 g/mol. The third-order valence-corrected chi connectivity index (χ3v) is 4.27. The molecular formula is C17H21N3O3S. The summed E-state index contributed by atoms with van der Waals surface area (Å²) in [6.45, 7) is 7.11. The van der Waals surface area contributed by atoms with Crippen molar-refractivity contribution < 1.29 is 9.15 Å². The zero-order chi connectivity index (χ0) is 16.9. The molecule has 2 heterocycles. The highest BCUT2D eigenvalue weighted by Gasteiger charge is 2.09. The summed E-state index contributed by atoms with van der Waals surface area (Å²) in [7, 11) is 0. The molecule has 7 heteroatoms. The number of anilines is 1. The van der Waals surface area contributed by atoms with Gasteiger partial charge in [-0.25, -0.2) is 4.79 Å². The van der Waals surface area contributed by atoms with Crippen LogP contribution in [0, 0.1) is 6.92 Å².